The highest BCUT2D eigenvalue weighted by molar-refractivity contribution is 5.90. The zero-order chi connectivity index (χ0) is 22.7. The van der Waals surface area contributed by atoms with Gasteiger partial charge in [-0.3, -0.25) is 4.79 Å². The first-order valence-corrected chi connectivity index (χ1v) is 12.4. The van der Waals surface area contributed by atoms with E-state index in [1.165, 1.54) is 34.9 Å². The number of aromatic amines is 1. The minimum absolute atomic E-state index is 0.0924. The third-order valence-electron chi connectivity index (χ3n) is 8.82. The highest BCUT2D eigenvalue weighted by atomic mass is 16.2. The molecule has 7 rings (SSSR count). The van der Waals surface area contributed by atoms with Gasteiger partial charge >= 0.3 is 0 Å². The van der Waals surface area contributed by atoms with Crippen LogP contribution in [0.1, 0.15) is 81.3 Å². The van der Waals surface area contributed by atoms with Gasteiger partial charge in [0.25, 0.3) is 0 Å². The zero-order valence-corrected chi connectivity index (χ0v) is 19.4. The molecule has 1 aromatic carbocycles. The van der Waals surface area contributed by atoms with Crippen LogP contribution in [0, 0.1) is 11.3 Å². The molecule has 174 valence electrons. The summed E-state index contributed by atoms with van der Waals surface area (Å²) in [6.07, 6.45) is 10.3. The molecule has 7 heteroatoms. The van der Waals surface area contributed by atoms with Crippen LogP contribution >= 0.6 is 0 Å². The number of amidine groups is 1. The highest BCUT2D eigenvalue weighted by Crippen LogP contribution is 2.57. The van der Waals surface area contributed by atoms with Crippen molar-refractivity contribution in [3.8, 4) is 0 Å². The molecule has 3 heterocycles. The Morgan fingerprint density at radius 3 is 2.73 bits per heavy atom. The second kappa shape index (κ2) is 7.69. The van der Waals surface area contributed by atoms with Crippen LogP contribution in [0.15, 0.2) is 34.6 Å². The highest BCUT2D eigenvalue weighted by Gasteiger charge is 2.57. The van der Waals surface area contributed by atoms with Crippen molar-refractivity contribution >= 4 is 29.4 Å². The van der Waals surface area contributed by atoms with E-state index in [1.807, 2.05) is 0 Å². The van der Waals surface area contributed by atoms with E-state index in [4.69, 9.17) is 5.84 Å². The maximum Gasteiger partial charge on any atom is 0.223 e. The summed E-state index contributed by atoms with van der Waals surface area (Å²) in [6.45, 7) is 5.73. The lowest BCUT2D eigenvalue weighted by Gasteiger charge is -2.61. The lowest BCUT2D eigenvalue weighted by atomic mass is 9.54. The Bertz CT molecular complexity index is 1120. The Balaban J connectivity index is 1.23. The first-order chi connectivity index (χ1) is 16.0. The Morgan fingerprint density at radius 1 is 1.30 bits per heavy atom. The third kappa shape index (κ3) is 3.31. The van der Waals surface area contributed by atoms with Gasteiger partial charge in [-0.25, -0.2) is 5.84 Å². The number of nitrogens with zero attached hydrogens (tertiary/aromatic N) is 3. The second-order valence-corrected chi connectivity index (χ2v) is 11.0. The number of nitrogens with one attached hydrogen (secondary N) is 2. The van der Waals surface area contributed by atoms with E-state index in [0.717, 1.165) is 37.9 Å². The first kappa shape index (κ1) is 20.9. The number of amides is 1. The normalized spacial score (nSPS) is 31.8. The van der Waals surface area contributed by atoms with Gasteiger partial charge in [-0.15, -0.1) is 5.10 Å². The van der Waals surface area contributed by atoms with Crippen LogP contribution in [-0.4, -0.2) is 40.4 Å². The van der Waals surface area contributed by atoms with Crippen LogP contribution in [-0.2, 0) is 4.79 Å². The predicted molar refractivity (Wildman–Crippen MR) is 131 cm³/mol. The van der Waals surface area contributed by atoms with Crippen molar-refractivity contribution in [1.82, 2.24) is 15.3 Å². The molecule has 33 heavy (non-hydrogen) atoms. The first-order valence-electron chi connectivity index (χ1n) is 12.4. The molecule has 3 saturated carbocycles. The standard InChI is InChI=1S/C26H34N6O/c1-15(21-14-29-22-5-3-4-20(24(21)22)17-6-7-17)8-23(33)32-18-9-16-10-19(32)13-26(11-16,12-18)25(30-27)31-28-2/h3-5,14-19,29H,2,6-13,27H2,1H3,(H,30,31). The molecule has 1 aromatic heterocycles. The summed E-state index contributed by atoms with van der Waals surface area (Å²) in [4.78, 5) is 19.4. The van der Waals surface area contributed by atoms with Gasteiger partial charge in [0.05, 0.1) is 0 Å². The van der Waals surface area contributed by atoms with Crippen LogP contribution in [0.3, 0.4) is 0 Å². The van der Waals surface area contributed by atoms with Gasteiger partial charge < -0.3 is 15.3 Å². The molecule has 4 N–H and O–H groups in total. The molecule has 5 fully saturated rings. The minimum Gasteiger partial charge on any atom is -0.361 e. The molecule has 3 unspecified atom stereocenters. The van der Waals surface area contributed by atoms with E-state index in [2.05, 4.69) is 63.5 Å². The number of aromatic nitrogens is 1. The second-order valence-electron chi connectivity index (χ2n) is 11.0. The largest absolute Gasteiger partial charge is 0.361 e. The topological polar surface area (TPSA) is 98.9 Å². The molecule has 2 saturated heterocycles. The number of benzene rings is 1. The minimum atomic E-state index is -0.0924. The van der Waals surface area contributed by atoms with E-state index in [1.54, 1.807) is 0 Å². The molecule has 3 atom stereocenters. The van der Waals surface area contributed by atoms with Crippen LogP contribution in [0.4, 0.5) is 0 Å². The molecule has 5 aliphatic rings. The average molecular weight is 447 g/mol. The van der Waals surface area contributed by atoms with E-state index >= 15 is 0 Å². The summed E-state index contributed by atoms with van der Waals surface area (Å²) < 4.78 is 0. The summed E-state index contributed by atoms with van der Waals surface area (Å²) in [7, 11) is 0. The molecule has 7 nitrogen and oxygen atoms in total. The van der Waals surface area contributed by atoms with E-state index < -0.39 is 0 Å². The van der Waals surface area contributed by atoms with Crippen molar-refractivity contribution in [2.24, 2.45) is 27.4 Å². The van der Waals surface area contributed by atoms with Gasteiger partial charge in [-0.2, -0.15) is 5.10 Å². The van der Waals surface area contributed by atoms with Gasteiger partial charge in [0.1, 0.15) is 5.84 Å². The van der Waals surface area contributed by atoms with Gasteiger partial charge in [0.15, 0.2) is 0 Å². The van der Waals surface area contributed by atoms with Crippen molar-refractivity contribution < 1.29 is 4.79 Å². The lowest BCUT2D eigenvalue weighted by Crippen LogP contribution is -2.66. The van der Waals surface area contributed by atoms with E-state index in [0.29, 0.717) is 24.2 Å². The van der Waals surface area contributed by atoms with Crippen molar-refractivity contribution in [1.29, 1.82) is 0 Å². The van der Waals surface area contributed by atoms with Crippen molar-refractivity contribution in [2.45, 2.75) is 82.2 Å². The van der Waals surface area contributed by atoms with Gasteiger partial charge in [0, 0.05) is 47.7 Å². The van der Waals surface area contributed by atoms with Crippen LogP contribution in [0.5, 0.6) is 0 Å². The maximum atomic E-state index is 13.7. The molecule has 4 bridgehead atoms. The molecule has 2 aromatic rings. The fourth-order valence-electron chi connectivity index (χ4n) is 7.52. The van der Waals surface area contributed by atoms with Crippen LogP contribution in [0.2, 0.25) is 0 Å². The maximum absolute atomic E-state index is 13.7. The SMILES string of the molecule is C=N/N=C(\NN)C12CC3CC(C1)N(C(=O)CC(C)c1c[nH]c4cccc(C5CC5)c14)C(C3)C2. The number of hydrazine groups is 1. The monoisotopic (exact) mass is 446 g/mol. The lowest BCUT2D eigenvalue weighted by molar-refractivity contribution is -0.152. The smallest absolute Gasteiger partial charge is 0.223 e. The number of hydrogen-bond donors (Lipinski definition) is 3. The summed E-state index contributed by atoms with van der Waals surface area (Å²) in [5.41, 5.74) is 6.65. The molecular formula is C26H34N6O. The number of piperidine rings is 2. The van der Waals surface area contributed by atoms with Gasteiger partial charge in [-0.1, -0.05) is 19.1 Å². The summed E-state index contributed by atoms with van der Waals surface area (Å²) in [5.74, 6) is 8.36. The Kier molecular flexibility index (Phi) is 4.87. The van der Waals surface area contributed by atoms with Crippen molar-refractivity contribution in [2.75, 3.05) is 0 Å². The Morgan fingerprint density at radius 2 is 2.06 bits per heavy atom. The zero-order valence-electron chi connectivity index (χ0n) is 19.4. The quantitative estimate of drug-likeness (QED) is 0.269. The summed E-state index contributed by atoms with van der Waals surface area (Å²) >= 11 is 0. The number of fused-ring (bicyclic) bond motifs is 1. The predicted octanol–water partition coefficient (Wildman–Crippen LogP) is 4.18. The number of H-pyrrole nitrogens is 1. The average Bonchev–Trinajstić information content (AvgIpc) is 3.54. The summed E-state index contributed by atoms with van der Waals surface area (Å²) in [6, 6.07) is 7.12. The molecule has 0 spiro atoms. The molecular weight excluding hydrogens is 412 g/mol. The van der Waals surface area contributed by atoms with E-state index in [9.17, 15) is 4.79 Å². The molecule has 0 radical (unpaired) electrons. The fourth-order valence-corrected chi connectivity index (χ4v) is 7.52. The molecule has 2 aliphatic heterocycles. The summed E-state index contributed by atoms with van der Waals surface area (Å²) in [5, 5.41) is 9.33. The number of carbonyl (C=O) groups excluding carboxylic acids is 1. The number of nitrogens with two attached hydrogens (primary N) is 1. The number of carbonyl (C=O) groups is 1. The Labute approximate surface area is 194 Å². The van der Waals surface area contributed by atoms with Crippen LogP contribution in [0.25, 0.3) is 10.9 Å². The molecule has 1 amide bonds. The number of hydrogen-bond acceptors (Lipinski definition) is 4. The van der Waals surface area contributed by atoms with Crippen molar-refractivity contribution in [3.05, 3.63) is 35.5 Å². The van der Waals surface area contributed by atoms with E-state index in [-0.39, 0.29) is 23.4 Å². The number of rotatable bonds is 6. The van der Waals surface area contributed by atoms with Gasteiger partial charge in [0.2, 0.25) is 5.91 Å². The van der Waals surface area contributed by atoms with Crippen LogP contribution < -0.4 is 11.3 Å². The fraction of sp³-hybridized carbons (Fsp3) is 0.577. The van der Waals surface area contributed by atoms with Crippen molar-refractivity contribution in [3.63, 3.8) is 0 Å². The molecule has 3 aliphatic carbocycles. The Hall–Kier alpha value is -2.67. The third-order valence-corrected chi connectivity index (χ3v) is 8.82. The van der Waals surface area contributed by atoms with Gasteiger partial charge in [-0.05, 0) is 79.9 Å².